The Morgan fingerprint density at radius 1 is 1.15 bits per heavy atom. The lowest BCUT2D eigenvalue weighted by Crippen LogP contribution is -2.64. The van der Waals surface area contributed by atoms with Crippen molar-refractivity contribution in [1.29, 1.82) is 0 Å². The van der Waals surface area contributed by atoms with Crippen molar-refractivity contribution >= 4 is 0 Å². The van der Waals surface area contributed by atoms with Gasteiger partial charge in [-0.05, 0) is 38.5 Å². The van der Waals surface area contributed by atoms with Crippen molar-refractivity contribution < 1.29 is 0 Å². The lowest BCUT2D eigenvalue weighted by Gasteiger charge is -2.49. The van der Waals surface area contributed by atoms with Gasteiger partial charge in [0.2, 0.25) is 0 Å². The molecule has 0 aromatic rings. The minimum absolute atomic E-state index is 0.470. The van der Waals surface area contributed by atoms with Crippen LogP contribution in [0.1, 0.15) is 79.1 Å². The summed E-state index contributed by atoms with van der Waals surface area (Å²) in [5.74, 6) is 0.855. The van der Waals surface area contributed by atoms with E-state index in [0.29, 0.717) is 5.54 Å². The number of hydrogen-bond acceptors (Lipinski definition) is 2. The van der Waals surface area contributed by atoms with Crippen LogP contribution in [0.4, 0.5) is 0 Å². The van der Waals surface area contributed by atoms with Gasteiger partial charge in [0.1, 0.15) is 0 Å². The molecule has 2 nitrogen and oxygen atoms in total. The third-order valence-electron chi connectivity index (χ3n) is 5.67. The van der Waals surface area contributed by atoms with E-state index in [2.05, 4.69) is 37.9 Å². The molecule has 0 amide bonds. The first-order valence-electron chi connectivity index (χ1n) is 9.07. The van der Waals surface area contributed by atoms with E-state index in [-0.39, 0.29) is 0 Å². The van der Waals surface area contributed by atoms with E-state index in [1.165, 1.54) is 64.5 Å². The van der Waals surface area contributed by atoms with Crippen LogP contribution in [0.2, 0.25) is 0 Å². The van der Waals surface area contributed by atoms with Crippen molar-refractivity contribution in [3.63, 3.8) is 0 Å². The van der Waals surface area contributed by atoms with Crippen molar-refractivity contribution in [3.8, 4) is 0 Å². The second kappa shape index (κ2) is 7.26. The van der Waals surface area contributed by atoms with Crippen LogP contribution in [0.3, 0.4) is 0 Å². The van der Waals surface area contributed by atoms with Crippen molar-refractivity contribution in [2.75, 3.05) is 13.1 Å². The SMILES string of the molecule is CCC1CNC2(CCCC2)CN1C(C)CCCC(C)C. The third kappa shape index (κ3) is 3.98. The summed E-state index contributed by atoms with van der Waals surface area (Å²) in [6.45, 7) is 12.0. The van der Waals surface area contributed by atoms with Crippen molar-refractivity contribution in [2.45, 2.75) is 96.7 Å². The summed E-state index contributed by atoms with van der Waals surface area (Å²) < 4.78 is 0. The van der Waals surface area contributed by atoms with E-state index in [0.717, 1.165) is 18.0 Å². The third-order valence-corrected chi connectivity index (χ3v) is 5.67. The zero-order valence-electron chi connectivity index (χ0n) is 14.3. The van der Waals surface area contributed by atoms with Crippen molar-refractivity contribution in [3.05, 3.63) is 0 Å². The van der Waals surface area contributed by atoms with Crippen LogP contribution in [0.15, 0.2) is 0 Å². The molecule has 1 spiro atoms. The average molecular weight is 280 g/mol. The summed E-state index contributed by atoms with van der Waals surface area (Å²) in [7, 11) is 0. The molecule has 0 bridgehead atoms. The number of nitrogens with zero attached hydrogens (tertiary/aromatic N) is 1. The first kappa shape index (κ1) is 16.3. The minimum atomic E-state index is 0.470. The summed E-state index contributed by atoms with van der Waals surface area (Å²) in [6, 6.07) is 1.52. The maximum Gasteiger partial charge on any atom is 0.0309 e. The van der Waals surface area contributed by atoms with E-state index >= 15 is 0 Å². The molecule has 2 aliphatic rings. The van der Waals surface area contributed by atoms with Crippen LogP contribution in [-0.4, -0.2) is 35.6 Å². The highest BCUT2D eigenvalue weighted by Crippen LogP contribution is 2.34. The lowest BCUT2D eigenvalue weighted by molar-refractivity contribution is 0.0426. The molecule has 1 saturated heterocycles. The Morgan fingerprint density at radius 2 is 1.85 bits per heavy atom. The molecular formula is C18H36N2. The number of rotatable bonds is 6. The van der Waals surface area contributed by atoms with Gasteiger partial charge in [-0.2, -0.15) is 0 Å². The zero-order valence-corrected chi connectivity index (χ0v) is 14.3. The Balaban J connectivity index is 1.90. The molecule has 2 rings (SSSR count). The second-order valence-electron chi connectivity index (χ2n) is 7.78. The summed E-state index contributed by atoms with van der Waals surface area (Å²) >= 11 is 0. The fourth-order valence-electron chi connectivity index (χ4n) is 4.25. The topological polar surface area (TPSA) is 15.3 Å². The Kier molecular flexibility index (Phi) is 5.92. The van der Waals surface area contributed by atoms with Gasteiger partial charge in [0.25, 0.3) is 0 Å². The van der Waals surface area contributed by atoms with E-state index in [1.807, 2.05) is 0 Å². The van der Waals surface area contributed by atoms with Crippen LogP contribution in [0.5, 0.6) is 0 Å². The molecule has 0 aromatic heterocycles. The Morgan fingerprint density at radius 3 is 2.45 bits per heavy atom. The predicted octanol–water partition coefficient (Wildman–Crippen LogP) is 4.20. The molecule has 2 unspecified atom stereocenters. The highest BCUT2D eigenvalue weighted by atomic mass is 15.3. The smallest absolute Gasteiger partial charge is 0.0309 e. The van der Waals surface area contributed by atoms with Crippen LogP contribution in [0, 0.1) is 5.92 Å². The molecule has 1 saturated carbocycles. The summed E-state index contributed by atoms with van der Waals surface area (Å²) in [4.78, 5) is 2.85. The first-order valence-corrected chi connectivity index (χ1v) is 9.07. The van der Waals surface area contributed by atoms with E-state index in [9.17, 15) is 0 Å². The maximum atomic E-state index is 3.91. The maximum absolute atomic E-state index is 3.91. The van der Waals surface area contributed by atoms with Gasteiger partial charge >= 0.3 is 0 Å². The van der Waals surface area contributed by atoms with Gasteiger partial charge in [-0.15, -0.1) is 0 Å². The summed E-state index contributed by atoms with van der Waals surface area (Å²) in [6.07, 6.45) is 11.1. The normalized spacial score (nSPS) is 28.4. The van der Waals surface area contributed by atoms with Gasteiger partial charge in [-0.25, -0.2) is 0 Å². The molecule has 2 heteroatoms. The molecule has 2 fully saturated rings. The average Bonchev–Trinajstić information content (AvgIpc) is 2.86. The standard InChI is InChI=1S/C18H36N2/c1-5-17-13-19-18(11-6-7-12-18)14-20(17)16(4)10-8-9-15(2)3/h15-17,19H,5-14H2,1-4H3. The molecule has 1 heterocycles. The second-order valence-corrected chi connectivity index (χ2v) is 7.78. The first-order chi connectivity index (χ1) is 9.56. The van der Waals surface area contributed by atoms with E-state index < -0.39 is 0 Å². The predicted molar refractivity (Wildman–Crippen MR) is 88.1 cm³/mol. The van der Waals surface area contributed by atoms with Crippen molar-refractivity contribution in [2.24, 2.45) is 5.92 Å². The van der Waals surface area contributed by atoms with Gasteiger partial charge in [0.15, 0.2) is 0 Å². The van der Waals surface area contributed by atoms with Crippen LogP contribution < -0.4 is 5.32 Å². The minimum Gasteiger partial charge on any atom is -0.308 e. The van der Waals surface area contributed by atoms with E-state index in [1.54, 1.807) is 0 Å². The van der Waals surface area contributed by atoms with Gasteiger partial charge in [-0.1, -0.05) is 46.5 Å². The Labute approximate surface area is 126 Å². The largest absolute Gasteiger partial charge is 0.308 e. The molecular weight excluding hydrogens is 244 g/mol. The molecule has 1 aliphatic heterocycles. The van der Waals surface area contributed by atoms with Gasteiger partial charge < -0.3 is 5.32 Å². The lowest BCUT2D eigenvalue weighted by atomic mass is 9.89. The number of piperazine rings is 1. The number of nitrogens with one attached hydrogen (secondary N) is 1. The van der Waals surface area contributed by atoms with Gasteiger partial charge in [0, 0.05) is 30.7 Å². The van der Waals surface area contributed by atoms with E-state index in [4.69, 9.17) is 0 Å². The van der Waals surface area contributed by atoms with Crippen LogP contribution in [-0.2, 0) is 0 Å². The van der Waals surface area contributed by atoms with Gasteiger partial charge in [-0.3, -0.25) is 4.90 Å². The highest BCUT2D eigenvalue weighted by Gasteiger charge is 2.41. The summed E-state index contributed by atoms with van der Waals surface area (Å²) in [5, 5.41) is 3.91. The number of hydrogen-bond donors (Lipinski definition) is 1. The fraction of sp³-hybridized carbons (Fsp3) is 1.00. The molecule has 0 aromatic carbocycles. The van der Waals surface area contributed by atoms with Crippen LogP contribution in [0.25, 0.3) is 0 Å². The molecule has 0 radical (unpaired) electrons. The molecule has 1 N–H and O–H groups in total. The Bertz CT molecular complexity index is 281. The summed E-state index contributed by atoms with van der Waals surface area (Å²) in [5.41, 5.74) is 0.470. The van der Waals surface area contributed by atoms with Crippen LogP contribution >= 0.6 is 0 Å². The molecule has 1 aliphatic carbocycles. The molecule has 20 heavy (non-hydrogen) atoms. The Hall–Kier alpha value is -0.0800. The monoisotopic (exact) mass is 280 g/mol. The highest BCUT2D eigenvalue weighted by molar-refractivity contribution is 5.01. The fourth-order valence-corrected chi connectivity index (χ4v) is 4.25. The van der Waals surface area contributed by atoms with Crippen molar-refractivity contribution in [1.82, 2.24) is 10.2 Å². The molecule has 118 valence electrons. The quantitative estimate of drug-likeness (QED) is 0.784. The zero-order chi connectivity index (χ0) is 14.6. The molecule has 2 atom stereocenters. The van der Waals surface area contributed by atoms with Gasteiger partial charge in [0.05, 0.1) is 0 Å².